The van der Waals surface area contributed by atoms with E-state index in [1.165, 1.54) is 0 Å². The summed E-state index contributed by atoms with van der Waals surface area (Å²) in [6, 6.07) is -11.7. The standard InChI is InChI=1S/C24H38N2O4/c1-14(2)9-17-13-26-8-7-16-10-21(28-5)22(29-6)11-18(16)19(26)12-20(17)30-24(27)23(25)15(3)4/h10-11,14-15,17,19-20,23H,7-9,12-13,25H2,1-6H3/t17?,19?,20?,23-/m0/s1/i1D3,2D3,3D3,4D3,5D3,6D3,7D2,8D2,9D2,10D,11D,12D2,13D2,14D,15D,17D,23D. The highest BCUT2D eigenvalue weighted by molar-refractivity contribution is 5.76. The van der Waals surface area contributed by atoms with E-state index in [9.17, 15) is 11.6 Å². The molecule has 6 heteroatoms. The summed E-state index contributed by atoms with van der Waals surface area (Å²) >= 11 is 0. The van der Waals surface area contributed by atoms with Gasteiger partial charge in [0.15, 0.2) is 11.5 Å². The zero-order valence-corrected chi connectivity index (χ0v) is 14.8. The van der Waals surface area contributed by atoms with E-state index in [1.54, 1.807) is 0 Å². The number of hydrogen-bond donors (Lipinski definition) is 1. The Hall–Kier alpha value is -1.79. The molecule has 1 saturated heterocycles. The summed E-state index contributed by atoms with van der Waals surface area (Å²) in [5.41, 5.74) is 2.20. The first kappa shape index (κ1) is 5.07. The molecule has 1 aromatic rings. The maximum Gasteiger partial charge on any atom is 0.323 e. The average Bonchev–Trinajstić information content (AvgIpc) is 3.02. The summed E-state index contributed by atoms with van der Waals surface area (Å²) < 4.78 is 297. The van der Waals surface area contributed by atoms with Crippen LogP contribution in [0.1, 0.15) is 104 Å². The number of nitrogens with zero attached hydrogens (tertiary/aromatic N) is 1. The van der Waals surface area contributed by atoms with Gasteiger partial charge in [-0.2, -0.15) is 0 Å². The summed E-state index contributed by atoms with van der Waals surface area (Å²) in [4.78, 5) is 13.3. The van der Waals surface area contributed by atoms with Crippen molar-refractivity contribution in [2.24, 2.45) is 23.4 Å². The number of nitrogens with two attached hydrogens (primary N) is 1. The fourth-order valence-corrected chi connectivity index (χ4v) is 2.50. The number of piperidine rings is 1. The number of ether oxygens (including phenoxy) is 3. The molecule has 2 heterocycles. The third kappa shape index (κ3) is 4.75. The van der Waals surface area contributed by atoms with Crippen LogP contribution in [0.25, 0.3) is 0 Å². The van der Waals surface area contributed by atoms with Crippen LogP contribution in [0.5, 0.6) is 11.5 Å². The third-order valence-corrected chi connectivity index (χ3v) is 3.79. The van der Waals surface area contributed by atoms with Gasteiger partial charge in [-0.15, -0.1) is 0 Å². The summed E-state index contributed by atoms with van der Waals surface area (Å²) in [6.07, 6.45) is -18.2. The van der Waals surface area contributed by atoms with Gasteiger partial charge in [-0.25, -0.2) is 0 Å². The molecular formula is C24H38N2O4. The zero-order chi connectivity index (χ0) is 51.4. The van der Waals surface area contributed by atoms with E-state index in [0.717, 1.165) is 0 Å². The van der Waals surface area contributed by atoms with Crippen molar-refractivity contribution in [3.05, 3.63) is 23.2 Å². The van der Waals surface area contributed by atoms with Crippen molar-refractivity contribution in [2.45, 2.75) is 64.7 Å². The Balaban J connectivity index is 2.83. The fraction of sp³-hybridized carbons (Fsp3) is 0.708. The lowest BCUT2D eigenvalue weighted by Gasteiger charge is -2.47. The largest absolute Gasteiger partial charge is 0.493 e. The van der Waals surface area contributed by atoms with Gasteiger partial charge in [0, 0.05) is 65.6 Å². The van der Waals surface area contributed by atoms with Crippen molar-refractivity contribution in [3.8, 4) is 11.5 Å². The van der Waals surface area contributed by atoms with Gasteiger partial charge < -0.3 is 19.9 Å². The minimum Gasteiger partial charge on any atom is -0.493 e. The highest BCUT2D eigenvalue weighted by Crippen LogP contribution is 2.44. The molecule has 0 radical (unpaired) electrons. The summed E-state index contributed by atoms with van der Waals surface area (Å²) in [7, 11) is -7.54. The molecule has 30 heavy (non-hydrogen) atoms. The Bertz CT molecular complexity index is 1980. The van der Waals surface area contributed by atoms with Gasteiger partial charge in [-0.3, -0.25) is 9.69 Å². The minimum atomic E-state index is -5.21. The molecule has 0 bridgehead atoms. The number of esters is 1. The van der Waals surface area contributed by atoms with Crippen LogP contribution in [0.4, 0.5) is 0 Å². The van der Waals surface area contributed by atoms with E-state index < -0.39 is 155 Å². The van der Waals surface area contributed by atoms with Crippen molar-refractivity contribution in [2.75, 3.05) is 27.1 Å². The van der Waals surface area contributed by atoms with Gasteiger partial charge in [0.05, 0.1) is 26.4 Å². The van der Waals surface area contributed by atoms with Crippen LogP contribution >= 0.6 is 0 Å². The predicted molar refractivity (Wildman–Crippen MR) is 118 cm³/mol. The molecule has 2 aliphatic rings. The van der Waals surface area contributed by atoms with E-state index in [2.05, 4.69) is 4.74 Å². The molecule has 0 amide bonds. The smallest absolute Gasteiger partial charge is 0.323 e. The molecule has 3 rings (SSSR count). The van der Waals surface area contributed by atoms with Gasteiger partial charge in [-0.05, 0) is 47.7 Å². The van der Waals surface area contributed by atoms with E-state index in [0.29, 0.717) is 0 Å². The Kier molecular flexibility index (Phi) is 1.61. The van der Waals surface area contributed by atoms with Gasteiger partial charge in [0.1, 0.15) is 12.1 Å². The van der Waals surface area contributed by atoms with E-state index in [1.807, 2.05) is 0 Å². The van der Waals surface area contributed by atoms with Crippen molar-refractivity contribution < 1.29 is 65.6 Å². The maximum atomic E-state index is 14.1. The molecule has 1 aromatic carbocycles. The fourth-order valence-electron chi connectivity index (χ4n) is 2.50. The molecule has 168 valence electrons. The second-order valence-corrected chi connectivity index (χ2v) is 5.68. The van der Waals surface area contributed by atoms with Gasteiger partial charge >= 0.3 is 5.97 Å². The van der Waals surface area contributed by atoms with Gasteiger partial charge in [0.25, 0.3) is 0 Å². The Morgan fingerprint density at radius 3 is 2.87 bits per heavy atom. The van der Waals surface area contributed by atoms with E-state index in [-0.39, 0.29) is 0 Å². The van der Waals surface area contributed by atoms with Gasteiger partial charge in [-0.1, -0.05) is 27.4 Å². The average molecular weight is 453 g/mol. The number of fused-ring (bicyclic) bond motifs is 3. The maximum absolute atomic E-state index is 14.1. The molecule has 1 fully saturated rings. The van der Waals surface area contributed by atoms with E-state index in [4.69, 9.17) is 55.0 Å². The van der Waals surface area contributed by atoms with Gasteiger partial charge in [0.2, 0.25) is 0 Å². The number of carbonyl (C=O) groups is 1. The van der Waals surface area contributed by atoms with Crippen LogP contribution in [-0.2, 0) is 15.9 Å². The molecular weight excluding hydrogens is 380 g/mol. The number of benzene rings is 1. The zero-order valence-electron chi connectivity index (χ0n) is 48.8. The van der Waals surface area contributed by atoms with Crippen LogP contribution < -0.4 is 15.2 Å². The Labute approximate surface area is 228 Å². The summed E-state index contributed by atoms with van der Waals surface area (Å²) in [5, 5.41) is 0. The number of rotatable bonds is 7. The first-order valence-electron chi connectivity index (χ1n) is 24.9. The van der Waals surface area contributed by atoms with Crippen LogP contribution in [0.15, 0.2) is 12.1 Å². The molecule has 4 atom stereocenters. The second kappa shape index (κ2) is 9.56. The number of methoxy groups -OCH3 is 2. The lowest BCUT2D eigenvalue weighted by Crippen LogP contribution is -2.51. The molecule has 2 N–H and O–H groups in total. The van der Waals surface area contributed by atoms with Crippen molar-refractivity contribution in [3.63, 3.8) is 0 Å². The Morgan fingerprint density at radius 2 is 2.17 bits per heavy atom. The monoisotopic (exact) mass is 452 g/mol. The highest BCUT2D eigenvalue weighted by Gasteiger charge is 2.41. The van der Waals surface area contributed by atoms with Crippen LogP contribution in [0.2, 0.25) is 0 Å². The summed E-state index contributed by atoms with van der Waals surface area (Å²) in [6.45, 7) is -27.4. The minimum absolute atomic E-state index is 0.798. The molecule has 2 aliphatic heterocycles. The van der Waals surface area contributed by atoms with Crippen molar-refractivity contribution >= 4 is 5.97 Å². The number of carbonyl (C=O) groups excluding carboxylic acids is 1. The molecule has 0 saturated carbocycles. The predicted octanol–water partition coefficient (Wildman–Crippen LogP) is 3.56. The first-order chi connectivity index (χ1) is 27.5. The van der Waals surface area contributed by atoms with Crippen LogP contribution in [-0.4, -0.2) is 50.1 Å². The van der Waals surface area contributed by atoms with E-state index >= 15 is 0 Å². The first-order valence-corrected chi connectivity index (χ1v) is 7.86. The summed E-state index contributed by atoms with van der Waals surface area (Å²) in [5.74, 6) is -21.1. The van der Waals surface area contributed by atoms with Crippen LogP contribution in [0.3, 0.4) is 0 Å². The molecule has 0 aliphatic carbocycles. The molecule has 3 unspecified atom stereocenters. The van der Waals surface area contributed by atoms with Crippen molar-refractivity contribution in [1.29, 1.82) is 0 Å². The second-order valence-electron chi connectivity index (χ2n) is 5.68. The Morgan fingerprint density at radius 1 is 1.40 bits per heavy atom. The quantitative estimate of drug-likeness (QED) is 0.638. The van der Waals surface area contributed by atoms with Crippen LogP contribution in [0, 0.1) is 17.7 Å². The molecule has 0 aromatic heterocycles. The lowest BCUT2D eigenvalue weighted by molar-refractivity contribution is -0.160. The normalized spacial score (nSPS) is 55.5. The number of hydrogen-bond acceptors (Lipinski definition) is 6. The lowest BCUT2D eigenvalue weighted by atomic mass is 9.79. The van der Waals surface area contributed by atoms with Crippen molar-refractivity contribution in [1.82, 2.24) is 4.90 Å². The molecule has 6 nitrogen and oxygen atoms in total. The highest BCUT2D eigenvalue weighted by atomic mass is 16.5. The third-order valence-electron chi connectivity index (χ3n) is 3.79. The SMILES string of the molecule is [2H]c1c(OC([2H])([2H])[2H])c(OC([2H])([2H])[2H])c([2H])c2c1C1N(C([2H])([2H])C2([2H])[2H])C([2H])([2H])C([2H])(C([2H])([2H])C([2H])(C([2H])([2H])[2H])C([2H])([2H])[2H])C(OC(=O)[C@@]([2H])(N)C([2H])(C([2H])([2H])[2H])C([2H])([2H])[2H])C1([2H])[2H]. The topological polar surface area (TPSA) is 74.0 Å². The molecule has 0 spiro atoms.